The molecule has 2 unspecified atom stereocenters. The van der Waals surface area contributed by atoms with Gasteiger partial charge in [-0.1, -0.05) is 0 Å². The normalized spacial score (nSPS) is 38.2. The van der Waals surface area contributed by atoms with Crippen LogP contribution < -0.4 is 0 Å². The number of alkyl halides is 3. The topological polar surface area (TPSA) is 40.5 Å². The standard InChI is InChI=1S/C7H11F3O2/c8-7(9,10)4-1-5(11)3-6(12)2-4/h4-6,11-12H,1-3H2. The molecule has 0 amide bonds. The molecule has 0 heterocycles. The van der Waals surface area contributed by atoms with Gasteiger partial charge in [0.2, 0.25) is 0 Å². The van der Waals surface area contributed by atoms with Crippen molar-refractivity contribution in [1.82, 2.24) is 0 Å². The first kappa shape index (κ1) is 9.80. The van der Waals surface area contributed by atoms with Crippen LogP contribution in [0.4, 0.5) is 13.2 Å². The van der Waals surface area contributed by atoms with Crippen LogP contribution in [0, 0.1) is 5.92 Å². The molecule has 5 heteroatoms. The monoisotopic (exact) mass is 184 g/mol. The van der Waals surface area contributed by atoms with Crippen molar-refractivity contribution < 1.29 is 23.4 Å². The lowest BCUT2D eigenvalue weighted by Crippen LogP contribution is -2.37. The van der Waals surface area contributed by atoms with Gasteiger partial charge in [0, 0.05) is 0 Å². The molecule has 0 aromatic carbocycles. The lowest BCUT2D eigenvalue weighted by atomic mass is 9.85. The summed E-state index contributed by atoms with van der Waals surface area (Å²) in [5, 5.41) is 17.9. The molecule has 0 spiro atoms. The summed E-state index contributed by atoms with van der Waals surface area (Å²) in [7, 11) is 0. The summed E-state index contributed by atoms with van der Waals surface area (Å²) in [5.41, 5.74) is 0. The molecule has 12 heavy (non-hydrogen) atoms. The Kier molecular flexibility index (Phi) is 2.63. The number of aliphatic hydroxyl groups is 2. The molecule has 0 aromatic heterocycles. The van der Waals surface area contributed by atoms with E-state index in [0.29, 0.717) is 0 Å². The lowest BCUT2D eigenvalue weighted by molar-refractivity contribution is -0.199. The molecule has 1 aliphatic rings. The van der Waals surface area contributed by atoms with Gasteiger partial charge in [-0.3, -0.25) is 0 Å². The van der Waals surface area contributed by atoms with E-state index in [4.69, 9.17) is 10.2 Å². The van der Waals surface area contributed by atoms with Gasteiger partial charge in [0.15, 0.2) is 0 Å². The predicted octanol–water partition coefficient (Wildman–Crippen LogP) is 1.07. The van der Waals surface area contributed by atoms with Crippen LogP contribution in [0.15, 0.2) is 0 Å². The summed E-state index contributed by atoms with van der Waals surface area (Å²) in [6.45, 7) is 0. The zero-order chi connectivity index (χ0) is 9.35. The Morgan fingerprint density at radius 3 is 1.67 bits per heavy atom. The van der Waals surface area contributed by atoms with Gasteiger partial charge in [-0.05, 0) is 19.3 Å². The van der Waals surface area contributed by atoms with Crippen LogP contribution in [0.1, 0.15) is 19.3 Å². The molecule has 0 aliphatic heterocycles. The van der Waals surface area contributed by atoms with Gasteiger partial charge in [-0.15, -0.1) is 0 Å². The second-order valence-corrected chi connectivity index (χ2v) is 3.25. The van der Waals surface area contributed by atoms with E-state index in [9.17, 15) is 13.2 Å². The molecule has 1 saturated carbocycles. The number of aliphatic hydroxyl groups excluding tert-OH is 2. The van der Waals surface area contributed by atoms with Crippen LogP contribution in [0.25, 0.3) is 0 Å². The van der Waals surface area contributed by atoms with Crippen molar-refractivity contribution in [3.8, 4) is 0 Å². The highest BCUT2D eigenvalue weighted by Gasteiger charge is 2.44. The Labute approximate surface area is 68.0 Å². The first-order chi connectivity index (χ1) is 5.39. The van der Waals surface area contributed by atoms with Gasteiger partial charge in [-0.25, -0.2) is 0 Å². The number of rotatable bonds is 0. The van der Waals surface area contributed by atoms with Crippen LogP contribution in [0.2, 0.25) is 0 Å². The van der Waals surface area contributed by atoms with E-state index in [-0.39, 0.29) is 19.3 Å². The Hall–Kier alpha value is -0.290. The maximum absolute atomic E-state index is 12.1. The first-order valence-electron chi connectivity index (χ1n) is 3.82. The molecule has 0 radical (unpaired) electrons. The van der Waals surface area contributed by atoms with Gasteiger partial charge in [0.25, 0.3) is 0 Å². The van der Waals surface area contributed by atoms with Crippen molar-refractivity contribution in [2.75, 3.05) is 0 Å². The summed E-state index contributed by atoms with van der Waals surface area (Å²) in [4.78, 5) is 0. The fourth-order valence-corrected chi connectivity index (χ4v) is 1.53. The van der Waals surface area contributed by atoms with Crippen LogP contribution in [-0.4, -0.2) is 28.6 Å². The van der Waals surface area contributed by atoms with E-state index in [1.165, 1.54) is 0 Å². The van der Waals surface area contributed by atoms with Crippen LogP contribution >= 0.6 is 0 Å². The molecular weight excluding hydrogens is 173 g/mol. The number of halogens is 3. The van der Waals surface area contributed by atoms with Gasteiger partial charge in [-0.2, -0.15) is 13.2 Å². The molecule has 2 nitrogen and oxygen atoms in total. The van der Waals surface area contributed by atoms with Crippen molar-refractivity contribution >= 4 is 0 Å². The van der Waals surface area contributed by atoms with Gasteiger partial charge in [0.05, 0.1) is 18.1 Å². The van der Waals surface area contributed by atoms with Crippen LogP contribution in [0.3, 0.4) is 0 Å². The summed E-state index contributed by atoms with van der Waals surface area (Å²) < 4.78 is 36.2. The maximum atomic E-state index is 12.1. The highest BCUT2D eigenvalue weighted by atomic mass is 19.4. The summed E-state index contributed by atoms with van der Waals surface area (Å²) in [5.74, 6) is -1.55. The third kappa shape index (κ3) is 2.35. The largest absolute Gasteiger partial charge is 0.393 e. The smallest absolute Gasteiger partial charge is 0.392 e. The molecular formula is C7H11F3O2. The summed E-state index contributed by atoms with van der Waals surface area (Å²) >= 11 is 0. The third-order valence-electron chi connectivity index (χ3n) is 2.12. The minimum absolute atomic E-state index is 0.0621. The minimum atomic E-state index is -4.29. The van der Waals surface area contributed by atoms with Crippen molar-refractivity contribution in [3.63, 3.8) is 0 Å². The molecule has 0 bridgehead atoms. The van der Waals surface area contributed by atoms with Crippen LogP contribution in [-0.2, 0) is 0 Å². The van der Waals surface area contributed by atoms with Crippen molar-refractivity contribution in [3.05, 3.63) is 0 Å². The SMILES string of the molecule is OC1CC(O)CC(C(F)(F)F)C1. The quantitative estimate of drug-likeness (QED) is 0.591. The van der Waals surface area contributed by atoms with Gasteiger partial charge < -0.3 is 10.2 Å². The number of hydrogen-bond donors (Lipinski definition) is 2. The molecule has 1 fully saturated rings. The molecule has 0 saturated heterocycles. The van der Waals surface area contributed by atoms with Crippen molar-refractivity contribution in [2.45, 2.75) is 37.6 Å². The number of hydrogen-bond acceptors (Lipinski definition) is 2. The molecule has 72 valence electrons. The Morgan fingerprint density at radius 2 is 1.33 bits per heavy atom. The molecule has 1 aliphatic carbocycles. The maximum Gasteiger partial charge on any atom is 0.392 e. The fourth-order valence-electron chi connectivity index (χ4n) is 1.53. The fraction of sp³-hybridized carbons (Fsp3) is 1.00. The average Bonchev–Trinajstić information content (AvgIpc) is 1.82. The van der Waals surface area contributed by atoms with Gasteiger partial charge >= 0.3 is 6.18 Å². The Bertz CT molecular complexity index is 147. The molecule has 0 aromatic rings. The highest BCUT2D eigenvalue weighted by Crippen LogP contribution is 2.37. The summed E-state index contributed by atoms with van der Waals surface area (Å²) in [6.07, 6.45) is -6.81. The summed E-state index contributed by atoms with van der Waals surface area (Å²) in [6, 6.07) is 0. The van der Waals surface area contributed by atoms with E-state index in [0.717, 1.165) is 0 Å². The van der Waals surface area contributed by atoms with Crippen LogP contribution in [0.5, 0.6) is 0 Å². The van der Waals surface area contributed by atoms with Crippen molar-refractivity contribution in [1.29, 1.82) is 0 Å². The highest BCUT2D eigenvalue weighted by molar-refractivity contribution is 4.81. The molecule has 2 N–H and O–H groups in total. The predicted molar refractivity (Wildman–Crippen MR) is 35.4 cm³/mol. The Balaban J connectivity index is 2.55. The van der Waals surface area contributed by atoms with E-state index in [2.05, 4.69) is 0 Å². The Morgan fingerprint density at radius 1 is 0.917 bits per heavy atom. The molecule has 2 atom stereocenters. The third-order valence-corrected chi connectivity index (χ3v) is 2.12. The van der Waals surface area contributed by atoms with Gasteiger partial charge in [0.1, 0.15) is 0 Å². The van der Waals surface area contributed by atoms with Crippen molar-refractivity contribution in [2.24, 2.45) is 5.92 Å². The minimum Gasteiger partial charge on any atom is -0.393 e. The first-order valence-corrected chi connectivity index (χ1v) is 3.82. The second kappa shape index (κ2) is 3.22. The zero-order valence-corrected chi connectivity index (χ0v) is 6.38. The van der Waals surface area contributed by atoms with E-state index >= 15 is 0 Å². The van der Waals surface area contributed by atoms with E-state index in [1.807, 2.05) is 0 Å². The van der Waals surface area contributed by atoms with E-state index in [1.54, 1.807) is 0 Å². The van der Waals surface area contributed by atoms with E-state index < -0.39 is 24.3 Å². The zero-order valence-electron chi connectivity index (χ0n) is 6.38. The lowest BCUT2D eigenvalue weighted by Gasteiger charge is -2.30. The molecule has 1 rings (SSSR count). The average molecular weight is 184 g/mol. The second-order valence-electron chi connectivity index (χ2n) is 3.25.